The Hall–Kier alpha value is -1.34. The minimum Gasteiger partial charge on any atom is -0.306 e. The van der Waals surface area contributed by atoms with Crippen molar-refractivity contribution in [2.75, 3.05) is 20.6 Å². The zero-order valence-corrected chi connectivity index (χ0v) is 12.3. The van der Waals surface area contributed by atoms with Crippen molar-refractivity contribution in [2.45, 2.75) is 20.8 Å². The summed E-state index contributed by atoms with van der Waals surface area (Å²) in [5.74, 6) is 0. The van der Waals surface area contributed by atoms with E-state index in [-0.39, 0.29) is 5.41 Å². The molecule has 0 fully saturated rings. The fourth-order valence-electron chi connectivity index (χ4n) is 1.75. The molecule has 18 heavy (non-hydrogen) atoms. The van der Waals surface area contributed by atoms with E-state index in [1.165, 1.54) is 11.1 Å². The van der Waals surface area contributed by atoms with E-state index in [1.807, 2.05) is 0 Å². The topological polar surface area (TPSA) is 3.24 Å². The summed E-state index contributed by atoms with van der Waals surface area (Å²) in [5.41, 5.74) is 2.70. The van der Waals surface area contributed by atoms with Gasteiger partial charge in [-0.3, -0.25) is 0 Å². The van der Waals surface area contributed by atoms with Crippen molar-refractivity contribution < 1.29 is 0 Å². The van der Waals surface area contributed by atoms with Gasteiger partial charge < -0.3 is 4.90 Å². The van der Waals surface area contributed by atoms with Gasteiger partial charge in [0.1, 0.15) is 0 Å². The lowest BCUT2D eigenvalue weighted by molar-refractivity contribution is 0.456. The predicted octanol–water partition coefficient (Wildman–Crippen LogP) is 4.13. The summed E-state index contributed by atoms with van der Waals surface area (Å²) in [6, 6.07) is 0. The summed E-state index contributed by atoms with van der Waals surface area (Å²) >= 11 is 0. The highest BCUT2D eigenvalue weighted by Gasteiger charge is 2.11. The molecule has 1 rings (SSSR count). The van der Waals surface area contributed by atoms with Gasteiger partial charge >= 0.3 is 0 Å². The molecule has 0 aromatic rings. The third kappa shape index (κ3) is 4.89. The van der Waals surface area contributed by atoms with Gasteiger partial charge in [0.15, 0.2) is 0 Å². The highest BCUT2D eigenvalue weighted by Crippen LogP contribution is 2.25. The second-order valence-electron chi connectivity index (χ2n) is 5.56. The Kier molecular flexibility index (Phi) is 5.36. The molecular weight excluding hydrogens is 218 g/mol. The number of allylic oxidation sites excluding steroid dienone is 9. The molecule has 0 saturated heterocycles. The largest absolute Gasteiger partial charge is 0.306 e. The fourth-order valence-corrected chi connectivity index (χ4v) is 1.75. The molecule has 0 aromatic heterocycles. The first-order valence-corrected chi connectivity index (χ1v) is 6.51. The first-order chi connectivity index (χ1) is 8.44. The van der Waals surface area contributed by atoms with E-state index >= 15 is 0 Å². The molecule has 1 aliphatic carbocycles. The Morgan fingerprint density at radius 3 is 2.61 bits per heavy atom. The first-order valence-electron chi connectivity index (χ1n) is 6.51. The average molecular weight is 243 g/mol. The van der Waals surface area contributed by atoms with Gasteiger partial charge in [0.2, 0.25) is 0 Å². The van der Waals surface area contributed by atoms with E-state index in [4.69, 9.17) is 0 Å². The lowest BCUT2D eigenvalue weighted by Gasteiger charge is -2.13. The molecule has 0 heterocycles. The summed E-state index contributed by atoms with van der Waals surface area (Å²) in [6.45, 7) is 7.45. The molecule has 0 unspecified atom stereocenters. The molecule has 98 valence electrons. The number of likely N-dealkylation sites (N-methyl/N-ethyl adjacent to an activating group) is 1. The van der Waals surface area contributed by atoms with Crippen LogP contribution in [0.4, 0.5) is 0 Å². The second kappa shape index (κ2) is 6.55. The van der Waals surface area contributed by atoms with Crippen LogP contribution in [-0.2, 0) is 0 Å². The first kappa shape index (κ1) is 14.7. The smallest absolute Gasteiger partial charge is 0.0166 e. The molecule has 0 amide bonds. The van der Waals surface area contributed by atoms with Crippen LogP contribution in [0.3, 0.4) is 0 Å². The minimum absolute atomic E-state index is 0.140. The van der Waals surface area contributed by atoms with Gasteiger partial charge in [-0.2, -0.15) is 0 Å². The number of rotatable bonds is 4. The van der Waals surface area contributed by atoms with Crippen molar-refractivity contribution in [3.05, 3.63) is 59.8 Å². The van der Waals surface area contributed by atoms with Gasteiger partial charge in [-0.25, -0.2) is 0 Å². The average Bonchev–Trinajstić information content (AvgIpc) is 2.45. The van der Waals surface area contributed by atoms with Crippen molar-refractivity contribution in [3.8, 4) is 0 Å². The van der Waals surface area contributed by atoms with E-state index in [1.54, 1.807) is 0 Å². The van der Waals surface area contributed by atoms with Crippen LogP contribution in [0.15, 0.2) is 59.8 Å². The Morgan fingerprint density at radius 1 is 1.28 bits per heavy atom. The summed E-state index contributed by atoms with van der Waals surface area (Å²) in [5, 5.41) is 0. The van der Waals surface area contributed by atoms with Crippen LogP contribution in [0, 0.1) is 5.41 Å². The molecule has 0 N–H and O–H groups in total. The fraction of sp³-hybridized carbons (Fsp3) is 0.412. The van der Waals surface area contributed by atoms with Crippen molar-refractivity contribution in [3.63, 3.8) is 0 Å². The molecule has 0 spiro atoms. The molecule has 0 saturated carbocycles. The van der Waals surface area contributed by atoms with E-state index < -0.39 is 0 Å². The van der Waals surface area contributed by atoms with E-state index in [0.717, 1.165) is 6.54 Å². The van der Waals surface area contributed by atoms with E-state index in [9.17, 15) is 0 Å². The quantitative estimate of drug-likeness (QED) is 0.671. The maximum absolute atomic E-state index is 2.27. The highest BCUT2D eigenvalue weighted by atomic mass is 15.0. The predicted molar refractivity (Wildman–Crippen MR) is 81.6 cm³/mol. The highest BCUT2D eigenvalue weighted by molar-refractivity contribution is 5.49. The monoisotopic (exact) mass is 243 g/mol. The molecule has 0 atom stereocenters. The van der Waals surface area contributed by atoms with Gasteiger partial charge in [-0.1, -0.05) is 62.5 Å². The Labute approximate surface area is 112 Å². The van der Waals surface area contributed by atoms with Gasteiger partial charge in [0, 0.05) is 12.0 Å². The number of hydrogen-bond donors (Lipinski definition) is 0. The standard InChI is InChI=1S/C17H25N/c1-6-8-15(11-14-18(4)5)16-9-7-12-17(2,3)13-10-16/h6-13H,14H2,1-5H3/b8-6-,15-11+. The molecule has 1 nitrogen and oxygen atoms in total. The van der Waals surface area contributed by atoms with Crippen LogP contribution in [0.5, 0.6) is 0 Å². The lowest BCUT2D eigenvalue weighted by atomic mass is 9.92. The Bertz CT molecular complexity index is 415. The number of hydrogen-bond acceptors (Lipinski definition) is 1. The lowest BCUT2D eigenvalue weighted by Crippen LogP contribution is -2.11. The maximum Gasteiger partial charge on any atom is 0.0166 e. The normalized spacial score (nSPS) is 19.4. The molecular formula is C17H25N. The van der Waals surface area contributed by atoms with Crippen molar-refractivity contribution in [1.82, 2.24) is 4.90 Å². The molecule has 0 aromatic carbocycles. The van der Waals surface area contributed by atoms with E-state index in [0.29, 0.717) is 0 Å². The van der Waals surface area contributed by atoms with Crippen molar-refractivity contribution >= 4 is 0 Å². The SMILES string of the molecule is C/C=C\C(=C/CN(C)C)C1=CC=CC(C)(C)C=C1. The molecule has 0 aliphatic heterocycles. The van der Waals surface area contributed by atoms with Crippen LogP contribution in [0.1, 0.15) is 20.8 Å². The maximum atomic E-state index is 2.27. The van der Waals surface area contributed by atoms with Gasteiger partial charge in [-0.15, -0.1) is 0 Å². The summed E-state index contributed by atoms with van der Waals surface area (Å²) in [6.07, 6.45) is 17.6. The number of nitrogens with zero attached hydrogens (tertiary/aromatic N) is 1. The van der Waals surface area contributed by atoms with E-state index in [2.05, 4.69) is 88.4 Å². The molecule has 0 bridgehead atoms. The summed E-state index contributed by atoms with van der Waals surface area (Å²) < 4.78 is 0. The van der Waals surface area contributed by atoms with Crippen LogP contribution in [-0.4, -0.2) is 25.5 Å². The second-order valence-corrected chi connectivity index (χ2v) is 5.56. The Balaban J connectivity index is 2.98. The van der Waals surface area contributed by atoms with Crippen LogP contribution in [0.25, 0.3) is 0 Å². The van der Waals surface area contributed by atoms with Crippen molar-refractivity contribution in [2.24, 2.45) is 5.41 Å². The Morgan fingerprint density at radius 2 is 2.00 bits per heavy atom. The van der Waals surface area contributed by atoms with Gasteiger partial charge in [-0.05, 0) is 32.2 Å². The van der Waals surface area contributed by atoms with Crippen LogP contribution >= 0.6 is 0 Å². The van der Waals surface area contributed by atoms with Crippen molar-refractivity contribution in [1.29, 1.82) is 0 Å². The minimum atomic E-state index is 0.140. The third-order valence-corrected chi connectivity index (χ3v) is 2.85. The zero-order chi connectivity index (χ0) is 13.6. The third-order valence-electron chi connectivity index (χ3n) is 2.85. The molecule has 1 aliphatic rings. The zero-order valence-electron chi connectivity index (χ0n) is 12.3. The van der Waals surface area contributed by atoms with Gasteiger partial charge in [0.25, 0.3) is 0 Å². The van der Waals surface area contributed by atoms with Gasteiger partial charge in [0.05, 0.1) is 0 Å². The van der Waals surface area contributed by atoms with Crippen LogP contribution in [0.2, 0.25) is 0 Å². The molecule has 0 radical (unpaired) electrons. The summed E-state index contributed by atoms with van der Waals surface area (Å²) in [7, 11) is 4.17. The summed E-state index contributed by atoms with van der Waals surface area (Å²) in [4.78, 5) is 2.17. The van der Waals surface area contributed by atoms with Crippen LogP contribution < -0.4 is 0 Å². The molecule has 1 heteroatoms.